The van der Waals surface area contributed by atoms with Crippen LogP contribution in [0.25, 0.3) is 0 Å². The van der Waals surface area contributed by atoms with E-state index >= 15 is 0 Å². The number of amides is 3. The Bertz CT molecular complexity index is 946. The molecule has 0 saturated carbocycles. The summed E-state index contributed by atoms with van der Waals surface area (Å²) in [5, 5.41) is 5.80. The molecule has 3 rings (SSSR count). The number of carbonyl (C=O) groups is 3. The van der Waals surface area contributed by atoms with Crippen LogP contribution in [0.2, 0.25) is 0 Å². The van der Waals surface area contributed by atoms with Crippen LogP contribution in [0.4, 0.5) is 0 Å². The molecule has 3 amide bonds. The average Bonchev–Trinajstić information content (AvgIpc) is 2.77. The Morgan fingerprint density at radius 2 is 1.83 bits per heavy atom. The van der Waals surface area contributed by atoms with E-state index in [9.17, 15) is 14.4 Å². The molecule has 30 heavy (non-hydrogen) atoms. The number of hydrogen-bond acceptors (Lipinski definition) is 3. The average molecular weight is 405 g/mol. The molecule has 1 heterocycles. The zero-order valence-corrected chi connectivity index (χ0v) is 17.2. The van der Waals surface area contributed by atoms with Gasteiger partial charge in [0, 0.05) is 36.8 Å². The largest absolute Gasteiger partial charge is 0.349 e. The first-order valence-corrected chi connectivity index (χ1v) is 10.1. The standard InChI is InChI=1S/C24H27N3O3/c1-3-22(28)25-16-19-8-4-5-10-21(19)24(30)27-13-11-20(12-14-27)26-23(29)18-9-6-7-17(2)15-18/h3-10,15,20H,1,11-14,16H2,2H3,(H,25,28)(H,26,29). The van der Waals surface area contributed by atoms with Gasteiger partial charge in [0.1, 0.15) is 0 Å². The predicted molar refractivity (Wildman–Crippen MR) is 116 cm³/mol. The third-order valence-electron chi connectivity index (χ3n) is 5.28. The van der Waals surface area contributed by atoms with Crippen LogP contribution in [0, 0.1) is 6.92 Å². The van der Waals surface area contributed by atoms with E-state index < -0.39 is 0 Å². The van der Waals surface area contributed by atoms with Crippen molar-refractivity contribution >= 4 is 17.7 Å². The summed E-state index contributed by atoms with van der Waals surface area (Å²) in [5.41, 5.74) is 3.06. The smallest absolute Gasteiger partial charge is 0.254 e. The van der Waals surface area contributed by atoms with Gasteiger partial charge < -0.3 is 15.5 Å². The molecule has 6 heteroatoms. The molecular weight excluding hydrogens is 378 g/mol. The summed E-state index contributed by atoms with van der Waals surface area (Å²) in [6, 6.07) is 14.8. The maximum absolute atomic E-state index is 13.0. The summed E-state index contributed by atoms with van der Waals surface area (Å²) in [4.78, 5) is 38.8. The van der Waals surface area contributed by atoms with Crippen LogP contribution in [0.3, 0.4) is 0 Å². The number of hydrogen-bond donors (Lipinski definition) is 2. The Hall–Kier alpha value is -3.41. The molecule has 0 aliphatic carbocycles. The molecule has 0 spiro atoms. The van der Waals surface area contributed by atoms with Crippen LogP contribution in [0.15, 0.2) is 61.2 Å². The number of nitrogens with one attached hydrogen (secondary N) is 2. The molecule has 1 aliphatic heterocycles. The highest BCUT2D eigenvalue weighted by Crippen LogP contribution is 2.17. The lowest BCUT2D eigenvalue weighted by molar-refractivity contribution is -0.116. The number of carbonyl (C=O) groups excluding carboxylic acids is 3. The second-order valence-corrected chi connectivity index (χ2v) is 7.49. The number of aryl methyl sites for hydroxylation is 1. The molecule has 2 N–H and O–H groups in total. The number of rotatable bonds is 6. The molecule has 2 aromatic carbocycles. The number of likely N-dealkylation sites (tertiary alicyclic amines) is 1. The molecule has 0 radical (unpaired) electrons. The van der Waals surface area contributed by atoms with E-state index in [1.165, 1.54) is 6.08 Å². The summed E-state index contributed by atoms with van der Waals surface area (Å²) < 4.78 is 0. The number of benzene rings is 2. The maximum Gasteiger partial charge on any atom is 0.254 e. The molecule has 0 unspecified atom stereocenters. The molecular formula is C24H27N3O3. The summed E-state index contributed by atoms with van der Waals surface area (Å²) in [6.45, 7) is 6.82. The zero-order valence-electron chi connectivity index (χ0n) is 17.2. The van der Waals surface area contributed by atoms with Gasteiger partial charge in [-0.2, -0.15) is 0 Å². The van der Waals surface area contributed by atoms with Gasteiger partial charge in [-0.1, -0.05) is 42.5 Å². The van der Waals surface area contributed by atoms with E-state index in [-0.39, 0.29) is 30.3 Å². The lowest BCUT2D eigenvalue weighted by atomic mass is 10.0. The quantitative estimate of drug-likeness (QED) is 0.726. The molecule has 1 saturated heterocycles. The summed E-state index contributed by atoms with van der Waals surface area (Å²) >= 11 is 0. The van der Waals surface area contributed by atoms with Gasteiger partial charge in [-0.3, -0.25) is 14.4 Å². The first-order valence-electron chi connectivity index (χ1n) is 10.1. The third kappa shape index (κ3) is 5.35. The van der Waals surface area contributed by atoms with Crippen molar-refractivity contribution in [2.75, 3.05) is 13.1 Å². The van der Waals surface area contributed by atoms with Crippen LogP contribution in [0.1, 0.15) is 44.7 Å². The van der Waals surface area contributed by atoms with Gasteiger partial charge in [-0.15, -0.1) is 0 Å². The van der Waals surface area contributed by atoms with Crippen LogP contribution >= 0.6 is 0 Å². The SMILES string of the molecule is C=CC(=O)NCc1ccccc1C(=O)N1CCC(NC(=O)c2cccc(C)c2)CC1. The van der Waals surface area contributed by atoms with Crippen molar-refractivity contribution in [1.29, 1.82) is 0 Å². The van der Waals surface area contributed by atoms with Crippen molar-refractivity contribution in [2.45, 2.75) is 32.4 Å². The van der Waals surface area contributed by atoms with Crippen molar-refractivity contribution in [2.24, 2.45) is 0 Å². The highest BCUT2D eigenvalue weighted by molar-refractivity contribution is 5.96. The van der Waals surface area contributed by atoms with Gasteiger partial charge in [0.15, 0.2) is 0 Å². The Morgan fingerprint density at radius 3 is 2.53 bits per heavy atom. The second kappa shape index (κ2) is 9.87. The molecule has 0 aromatic heterocycles. The Morgan fingerprint density at radius 1 is 1.10 bits per heavy atom. The minimum Gasteiger partial charge on any atom is -0.349 e. The van der Waals surface area contributed by atoms with Crippen molar-refractivity contribution in [3.63, 3.8) is 0 Å². The summed E-state index contributed by atoms with van der Waals surface area (Å²) in [5.74, 6) is -0.406. The summed E-state index contributed by atoms with van der Waals surface area (Å²) in [6.07, 6.45) is 2.62. The fourth-order valence-corrected chi connectivity index (χ4v) is 3.59. The van der Waals surface area contributed by atoms with E-state index in [1.807, 2.05) is 54.3 Å². The van der Waals surface area contributed by atoms with E-state index in [2.05, 4.69) is 17.2 Å². The first-order chi connectivity index (χ1) is 14.5. The number of nitrogens with zero attached hydrogens (tertiary/aromatic N) is 1. The fourth-order valence-electron chi connectivity index (χ4n) is 3.59. The van der Waals surface area contributed by atoms with Gasteiger partial charge in [0.05, 0.1) is 0 Å². The fraction of sp³-hybridized carbons (Fsp3) is 0.292. The highest BCUT2D eigenvalue weighted by Gasteiger charge is 2.26. The monoisotopic (exact) mass is 405 g/mol. The lowest BCUT2D eigenvalue weighted by Crippen LogP contribution is -2.46. The minimum absolute atomic E-state index is 0.0455. The van der Waals surface area contributed by atoms with Crippen LogP contribution < -0.4 is 10.6 Å². The molecule has 156 valence electrons. The van der Waals surface area contributed by atoms with E-state index in [4.69, 9.17) is 0 Å². The predicted octanol–water partition coefficient (Wildman–Crippen LogP) is 2.83. The lowest BCUT2D eigenvalue weighted by Gasteiger charge is -2.33. The zero-order chi connectivity index (χ0) is 21.5. The van der Waals surface area contributed by atoms with Gasteiger partial charge in [0.2, 0.25) is 5.91 Å². The minimum atomic E-state index is -0.276. The molecule has 0 bridgehead atoms. The van der Waals surface area contributed by atoms with E-state index in [0.29, 0.717) is 37.1 Å². The van der Waals surface area contributed by atoms with Crippen LogP contribution in [0.5, 0.6) is 0 Å². The molecule has 0 atom stereocenters. The Kier molecular flexibility index (Phi) is 7.01. The van der Waals surface area contributed by atoms with Gasteiger partial charge in [-0.05, 0) is 49.6 Å². The van der Waals surface area contributed by atoms with Crippen LogP contribution in [-0.2, 0) is 11.3 Å². The van der Waals surface area contributed by atoms with E-state index in [1.54, 1.807) is 6.07 Å². The third-order valence-corrected chi connectivity index (χ3v) is 5.28. The number of piperidine rings is 1. The van der Waals surface area contributed by atoms with Gasteiger partial charge in [-0.25, -0.2) is 0 Å². The van der Waals surface area contributed by atoms with Gasteiger partial charge in [0.25, 0.3) is 11.8 Å². The first kappa shape index (κ1) is 21.3. The molecule has 1 fully saturated rings. The topological polar surface area (TPSA) is 78.5 Å². The van der Waals surface area contributed by atoms with Crippen molar-refractivity contribution in [3.8, 4) is 0 Å². The Labute approximate surface area is 177 Å². The maximum atomic E-state index is 13.0. The Balaban J connectivity index is 1.57. The molecule has 6 nitrogen and oxygen atoms in total. The highest BCUT2D eigenvalue weighted by atomic mass is 16.2. The molecule has 2 aromatic rings. The molecule has 1 aliphatic rings. The van der Waals surface area contributed by atoms with Crippen molar-refractivity contribution in [3.05, 3.63) is 83.4 Å². The van der Waals surface area contributed by atoms with Gasteiger partial charge >= 0.3 is 0 Å². The second-order valence-electron chi connectivity index (χ2n) is 7.49. The van der Waals surface area contributed by atoms with Crippen molar-refractivity contribution in [1.82, 2.24) is 15.5 Å². The van der Waals surface area contributed by atoms with E-state index in [0.717, 1.165) is 11.1 Å². The summed E-state index contributed by atoms with van der Waals surface area (Å²) in [7, 11) is 0. The van der Waals surface area contributed by atoms with Crippen LogP contribution in [-0.4, -0.2) is 41.8 Å². The normalized spacial score (nSPS) is 14.1. The van der Waals surface area contributed by atoms with Crippen molar-refractivity contribution < 1.29 is 14.4 Å².